The first kappa shape index (κ1) is 31.6. The van der Waals surface area contributed by atoms with Gasteiger partial charge in [-0.05, 0) is 56.3 Å². The normalized spacial score (nSPS) is 18.3. The molecule has 2 aromatic heterocycles. The molecule has 1 atom stereocenters. The number of anilines is 2. The van der Waals surface area contributed by atoms with Gasteiger partial charge >= 0.3 is 12.1 Å². The Morgan fingerprint density at radius 2 is 1.91 bits per heavy atom. The molecular weight excluding hydrogens is 597 g/mol. The SMILES string of the molecule is CCC1CCCN(Cc2sc(NC(=O)c3cnc(N4CCC(C(=O)O)CC4)cn3)nc2-c2ccc(OC)c(C(F)(F)F)c2)C1. The summed E-state index contributed by atoms with van der Waals surface area (Å²) in [6.07, 6.45) is 2.47. The number of alkyl halides is 3. The first-order valence-electron chi connectivity index (χ1n) is 14.6. The van der Waals surface area contributed by atoms with E-state index in [1.165, 1.54) is 36.9 Å². The number of aliphatic carboxylic acids is 1. The fourth-order valence-electron chi connectivity index (χ4n) is 5.76. The van der Waals surface area contributed by atoms with Crippen molar-refractivity contribution in [1.82, 2.24) is 19.9 Å². The number of hydrogen-bond acceptors (Lipinski definition) is 9. The van der Waals surface area contributed by atoms with Gasteiger partial charge in [-0.2, -0.15) is 13.2 Å². The molecule has 2 saturated heterocycles. The van der Waals surface area contributed by atoms with Crippen LogP contribution < -0.4 is 15.0 Å². The molecule has 1 amide bonds. The van der Waals surface area contributed by atoms with E-state index in [4.69, 9.17) is 4.74 Å². The number of piperidine rings is 2. The number of carbonyl (C=O) groups is 2. The van der Waals surface area contributed by atoms with Crippen LogP contribution in [-0.2, 0) is 17.5 Å². The maximum atomic E-state index is 13.8. The summed E-state index contributed by atoms with van der Waals surface area (Å²) in [5.74, 6) is -0.890. The molecule has 10 nitrogen and oxygen atoms in total. The number of hydrogen-bond donors (Lipinski definition) is 2. The molecule has 2 aliphatic rings. The summed E-state index contributed by atoms with van der Waals surface area (Å²) in [6, 6.07) is 3.87. The Bertz CT molecular complexity index is 1470. The molecule has 2 fully saturated rings. The number of aromatic nitrogens is 3. The highest BCUT2D eigenvalue weighted by Gasteiger charge is 2.35. The van der Waals surface area contributed by atoms with Gasteiger partial charge in [0.1, 0.15) is 17.3 Å². The third-order valence-corrected chi connectivity index (χ3v) is 9.24. The van der Waals surface area contributed by atoms with E-state index in [-0.39, 0.29) is 28.1 Å². The zero-order chi connectivity index (χ0) is 31.4. The number of halogens is 3. The largest absolute Gasteiger partial charge is 0.496 e. The number of methoxy groups -OCH3 is 1. The van der Waals surface area contributed by atoms with Crippen molar-refractivity contribution in [2.75, 3.05) is 43.5 Å². The molecule has 0 aliphatic carbocycles. The van der Waals surface area contributed by atoms with Crippen LogP contribution in [0.4, 0.5) is 24.1 Å². The maximum absolute atomic E-state index is 13.8. The van der Waals surface area contributed by atoms with Crippen molar-refractivity contribution in [1.29, 1.82) is 0 Å². The quantitative estimate of drug-likeness (QED) is 0.301. The summed E-state index contributed by atoms with van der Waals surface area (Å²) in [5.41, 5.74) is -0.181. The molecule has 5 rings (SSSR count). The van der Waals surface area contributed by atoms with Gasteiger partial charge in [-0.3, -0.25) is 19.8 Å². The summed E-state index contributed by atoms with van der Waals surface area (Å²) in [4.78, 5) is 42.5. The molecular formula is C30H35F3N6O4S. The van der Waals surface area contributed by atoms with E-state index in [0.29, 0.717) is 49.9 Å². The van der Waals surface area contributed by atoms with Crippen molar-refractivity contribution in [3.05, 3.63) is 46.7 Å². The second-order valence-corrected chi connectivity index (χ2v) is 12.3. The van der Waals surface area contributed by atoms with Crippen molar-refractivity contribution >= 4 is 34.2 Å². The van der Waals surface area contributed by atoms with Gasteiger partial charge in [0.15, 0.2) is 5.13 Å². The number of carboxylic acid groups (broad SMARTS) is 1. The predicted molar refractivity (Wildman–Crippen MR) is 160 cm³/mol. The molecule has 44 heavy (non-hydrogen) atoms. The van der Waals surface area contributed by atoms with Crippen molar-refractivity contribution in [2.45, 2.75) is 51.7 Å². The lowest BCUT2D eigenvalue weighted by molar-refractivity contribution is -0.142. The van der Waals surface area contributed by atoms with E-state index in [0.717, 1.165) is 43.3 Å². The number of nitrogens with zero attached hydrogens (tertiary/aromatic N) is 5. The van der Waals surface area contributed by atoms with Gasteiger partial charge in [0.2, 0.25) is 0 Å². The molecule has 4 heterocycles. The number of rotatable bonds is 9. The molecule has 2 aliphatic heterocycles. The highest BCUT2D eigenvalue weighted by atomic mass is 32.1. The van der Waals surface area contributed by atoms with Crippen molar-refractivity contribution in [3.63, 3.8) is 0 Å². The highest BCUT2D eigenvalue weighted by Crippen LogP contribution is 2.41. The minimum absolute atomic E-state index is 0.0538. The lowest BCUT2D eigenvalue weighted by Gasteiger charge is -2.32. The summed E-state index contributed by atoms with van der Waals surface area (Å²) in [5, 5.41) is 12.2. The van der Waals surface area contributed by atoms with Crippen LogP contribution in [0.1, 0.15) is 60.0 Å². The number of carbonyl (C=O) groups excluding carboxylic acids is 1. The monoisotopic (exact) mass is 632 g/mol. The lowest BCUT2D eigenvalue weighted by atomic mass is 9.95. The van der Waals surface area contributed by atoms with Crippen LogP contribution in [0, 0.1) is 11.8 Å². The Balaban J connectivity index is 1.37. The number of ether oxygens (including phenoxy) is 1. The summed E-state index contributed by atoms with van der Waals surface area (Å²) >= 11 is 1.23. The minimum Gasteiger partial charge on any atom is -0.496 e. The van der Waals surface area contributed by atoms with Gasteiger partial charge in [0.25, 0.3) is 5.91 Å². The van der Waals surface area contributed by atoms with Gasteiger partial charge in [0, 0.05) is 36.6 Å². The van der Waals surface area contributed by atoms with Gasteiger partial charge in [-0.25, -0.2) is 15.0 Å². The molecule has 0 radical (unpaired) electrons. The number of carboxylic acids is 1. The molecule has 0 saturated carbocycles. The van der Waals surface area contributed by atoms with Gasteiger partial charge in [0.05, 0.1) is 36.7 Å². The molecule has 3 aromatic rings. The van der Waals surface area contributed by atoms with Crippen molar-refractivity contribution < 1.29 is 32.6 Å². The van der Waals surface area contributed by atoms with E-state index in [1.54, 1.807) is 6.07 Å². The number of thiazole rings is 1. The first-order valence-corrected chi connectivity index (χ1v) is 15.5. The molecule has 1 aromatic carbocycles. The van der Waals surface area contributed by atoms with Crippen LogP contribution in [0.2, 0.25) is 0 Å². The summed E-state index contributed by atoms with van der Waals surface area (Å²) in [7, 11) is 1.20. The van der Waals surface area contributed by atoms with E-state index < -0.39 is 23.6 Å². The van der Waals surface area contributed by atoms with Crippen LogP contribution in [0.5, 0.6) is 5.75 Å². The fourth-order valence-corrected chi connectivity index (χ4v) is 6.79. The van der Waals surface area contributed by atoms with Crippen molar-refractivity contribution in [2.24, 2.45) is 11.8 Å². The van der Waals surface area contributed by atoms with E-state index in [1.807, 2.05) is 4.90 Å². The Labute approximate surface area is 257 Å². The van der Waals surface area contributed by atoms with Gasteiger partial charge in [-0.1, -0.05) is 24.7 Å². The lowest BCUT2D eigenvalue weighted by Crippen LogP contribution is -2.36. The number of benzene rings is 1. The fraction of sp³-hybridized carbons (Fsp3) is 0.500. The second kappa shape index (κ2) is 13.5. The number of likely N-dealkylation sites (tertiary alicyclic amines) is 1. The van der Waals surface area contributed by atoms with Crippen LogP contribution in [0.25, 0.3) is 11.3 Å². The molecule has 0 bridgehead atoms. The average Bonchev–Trinajstić information content (AvgIpc) is 3.42. The van der Waals surface area contributed by atoms with Gasteiger partial charge < -0.3 is 14.7 Å². The van der Waals surface area contributed by atoms with Crippen molar-refractivity contribution in [3.8, 4) is 17.0 Å². The molecule has 236 valence electrons. The van der Waals surface area contributed by atoms with E-state index >= 15 is 0 Å². The van der Waals surface area contributed by atoms with E-state index in [2.05, 4.69) is 32.1 Å². The predicted octanol–water partition coefficient (Wildman–Crippen LogP) is 5.80. The summed E-state index contributed by atoms with van der Waals surface area (Å²) in [6.45, 7) is 5.48. The maximum Gasteiger partial charge on any atom is 0.419 e. The molecule has 14 heteroatoms. The summed E-state index contributed by atoms with van der Waals surface area (Å²) < 4.78 is 46.5. The molecule has 1 unspecified atom stereocenters. The van der Waals surface area contributed by atoms with Crippen LogP contribution in [0.3, 0.4) is 0 Å². The minimum atomic E-state index is -4.62. The third kappa shape index (κ3) is 7.29. The standard InChI is InChI=1S/C30H35F3N6O4S/c1-3-18-5-4-10-38(16-18)17-24-26(20-6-7-23(43-2)21(13-20)30(31,32)33)36-29(44-24)37-27(40)22-14-35-25(15-34-22)39-11-8-19(9-12-39)28(41)42/h6-7,13-15,18-19H,3-5,8-12,16-17H2,1-2H3,(H,41,42)(H,36,37,40). The zero-order valence-corrected chi connectivity index (χ0v) is 25.4. The second-order valence-electron chi connectivity index (χ2n) is 11.2. The Morgan fingerprint density at radius 1 is 1.14 bits per heavy atom. The van der Waals surface area contributed by atoms with Gasteiger partial charge in [-0.15, -0.1) is 0 Å². The van der Waals surface area contributed by atoms with Crippen LogP contribution >= 0.6 is 11.3 Å². The van der Waals surface area contributed by atoms with E-state index in [9.17, 15) is 27.9 Å². The number of amides is 1. The average molecular weight is 633 g/mol. The highest BCUT2D eigenvalue weighted by molar-refractivity contribution is 7.16. The molecule has 2 N–H and O–H groups in total. The van der Waals surface area contributed by atoms with Crippen LogP contribution in [-0.4, -0.2) is 70.1 Å². The Kier molecular flexibility index (Phi) is 9.68. The first-order chi connectivity index (χ1) is 21.0. The zero-order valence-electron chi connectivity index (χ0n) is 24.6. The van der Waals surface area contributed by atoms with Crippen LogP contribution in [0.15, 0.2) is 30.6 Å². The topological polar surface area (TPSA) is 121 Å². The Morgan fingerprint density at radius 3 is 2.55 bits per heavy atom. The third-order valence-electron chi connectivity index (χ3n) is 8.28. The number of nitrogens with one attached hydrogen (secondary N) is 1. The molecule has 0 spiro atoms. The smallest absolute Gasteiger partial charge is 0.419 e. The Hall–Kier alpha value is -3.78.